The lowest BCUT2D eigenvalue weighted by Gasteiger charge is -2.20. The zero-order chi connectivity index (χ0) is 26.7. The highest BCUT2D eigenvalue weighted by Gasteiger charge is 2.26. The van der Waals surface area contributed by atoms with Crippen LogP contribution in [0.2, 0.25) is 0 Å². The molecule has 1 aliphatic rings. The van der Waals surface area contributed by atoms with Crippen LogP contribution in [0, 0.1) is 12.7 Å². The topological polar surface area (TPSA) is 82.9 Å². The van der Waals surface area contributed by atoms with E-state index in [0.717, 1.165) is 41.5 Å². The Labute approximate surface area is 225 Å². The van der Waals surface area contributed by atoms with Crippen LogP contribution in [-0.2, 0) is 10.0 Å². The first kappa shape index (κ1) is 26.1. The van der Waals surface area contributed by atoms with Gasteiger partial charge in [-0.05, 0) is 79.4 Å². The summed E-state index contributed by atoms with van der Waals surface area (Å²) in [5.74, 6) is -0.829. The molecule has 1 aliphatic heterocycles. The van der Waals surface area contributed by atoms with E-state index in [1.54, 1.807) is 12.1 Å². The smallest absolute Gasteiger partial charge is 0.267 e. The van der Waals surface area contributed by atoms with Crippen LogP contribution in [0.4, 0.5) is 9.52 Å². The maximum atomic E-state index is 13.6. The van der Waals surface area contributed by atoms with E-state index in [2.05, 4.69) is 10.1 Å². The van der Waals surface area contributed by atoms with Gasteiger partial charge in [-0.2, -0.15) is 14.4 Å². The number of benzene rings is 3. The number of carbonyl (C=O) groups excluding carboxylic acids is 1. The molecule has 0 aliphatic carbocycles. The number of hydrogen-bond acceptors (Lipinski definition) is 6. The van der Waals surface area contributed by atoms with E-state index in [4.69, 9.17) is 0 Å². The average molecular weight is 551 g/mol. The largest absolute Gasteiger partial charge is 0.280 e. The summed E-state index contributed by atoms with van der Waals surface area (Å²) in [6.07, 6.45) is 5.21. The highest BCUT2D eigenvalue weighted by molar-refractivity contribution is 7.89. The number of aromatic nitrogens is 1. The van der Waals surface area contributed by atoms with Gasteiger partial charge in [0.05, 0.1) is 21.3 Å². The van der Waals surface area contributed by atoms with Crippen molar-refractivity contribution in [2.45, 2.75) is 37.5 Å². The number of amides is 1. The summed E-state index contributed by atoms with van der Waals surface area (Å²) in [5.41, 5.74) is 2.69. The van der Waals surface area contributed by atoms with Crippen molar-refractivity contribution in [1.29, 1.82) is 0 Å². The SMILES string of the molecule is Cc1ccc2nc(N(/N=C/c3ccc(F)cc3)C(=O)c3ccc(S(=O)(=O)N4CCCCCC4)cc3)sc2c1. The molecule has 1 aromatic heterocycles. The normalized spacial score (nSPS) is 15.1. The molecule has 10 heteroatoms. The average Bonchev–Trinajstić information content (AvgIpc) is 3.12. The Balaban J connectivity index is 1.46. The molecule has 0 bridgehead atoms. The molecular formula is C28H27FN4O3S2. The second-order valence-corrected chi connectivity index (χ2v) is 12.2. The summed E-state index contributed by atoms with van der Waals surface area (Å²) in [5, 5.41) is 5.97. The molecule has 4 aromatic rings. The number of nitrogens with zero attached hydrogens (tertiary/aromatic N) is 4. The molecule has 0 unspecified atom stereocenters. The summed E-state index contributed by atoms with van der Waals surface area (Å²) in [6.45, 7) is 2.99. The molecule has 0 atom stereocenters. The van der Waals surface area contributed by atoms with Gasteiger partial charge < -0.3 is 0 Å². The predicted octanol–water partition coefficient (Wildman–Crippen LogP) is 5.99. The Hall–Kier alpha value is -3.47. The number of hydrazone groups is 1. The first-order valence-electron chi connectivity index (χ1n) is 12.4. The fourth-order valence-corrected chi connectivity index (χ4v) is 6.83. The van der Waals surface area contributed by atoms with E-state index < -0.39 is 15.9 Å². The van der Waals surface area contributed by atoms with Crippen molar-refractivity contribution >= 4 is 48.8 Å². The zero-order valence-electron chi connectivity index (χ0n) is 20.9. The molecule has 3 aromatic carbocycles. The molecule has 1 fully saturated rings. The molecule has 1 saturated heterocycles. The summed E-state index contributed by atoms with van der Waals surface area (Å²) in [4.78, 5) is 18.4. The van der Waals surface area contributed by atoms with Crippen molar-refractivity contribution < 1.29 is 17.6 Å². The molecule has 0 spiro atoms. The van der Waals surface area contributed by atoms with E-state index in [-0.39, 0.29) is 16.3 Å². The lowest BCUT2D eigenvalue weighted by atomic mass is 10.2. The van der Waals surface area contributed by atoms with Gasteiger partial charge in [0, 0.05) is 18.7 Å². The van der Waals surface area contributed by atoms with Crippen molar-refractivity contribution in [3.8, 4) is 0 Å². The molecule has 1 amide bonds. The summed E-state index contributed by atoms with van der Waals surface area (Å²) >= 11 is 1.33. The molecule has 38 heavy (non-hydrogen) atoms. The number of sulfonamides is 1. The highest BCUT2D eigenvalue weighted by Crippen LogP contribution is 2.31. The number of thiazole rings is 1. The Kier molecular flexibility index (Phi) is 7.64. The number of fused-ring (bicyclic) bond motifs is 1. The standard InChI is InChI=1S/C28H27FN4O3S2/c1-20-6-15-25-26(18-20)37-28(31-25)33(30-19-21-7-11-23(29)12-8-21)27(34)22-9-13-24(14-10-22)38(35,36)32-16-4-2-3-5-17-32/h6-15,18-19H,2-5,16-17H2,1H3/b30-19+. The van der Waals surface area contributed by atoms with Crippen LogP contribution in [0.1, 0.15) is 47.2 Å². The molecule has 0 radical (unpaired) electrons. The van der Waals surface area contributed by atoms with Gasteiger partial charge >= 0.3 is 0 Å². The second-order valence-electron chi connectivity index (χ2n) is 9.22. The third-order valence-corrected chi connectivity index (χ3v) is 9.31. The summed E-state index contributed by atoms with van der Waals surface area (Å²) < 4.78 is 42.1. The van der Waals surface area contributed by atoms with Crippen molar-refractivity contribution in [2.24, 2.45) is 5.10 Å². The molecule has 7 nitrogen and oxygen atoms in total. The van der Waals surface area contributed by atoms with E-state index in [1.807, 2.05) is 25.1 Å². The predicted molar refractivity (Wildman–Crippen MR) is 149 cm³/mol. The zero-order valence-corrected chi connectivity index (χ0v) is 22.5. The third-order valence-electron chi connectivity index (χ3n) is 6.40. The monoisotopic (exact) mass is 550 g/mol. The van der Waals surface area contributed by atoms with Crippen molar-refractivity contribution in [3.63, 3.8) is 0 Å². The number of carbonyl (C=O) groups is 1. The van der Waals surface area contributed by atoms with Gasteiger partial charge in [0.25, 0.3) is 5.91 Å². The third kappa shape index (κ3) is 5.67. The van der Waals surface area contributed by atoms with Crippen LogP contribution < -0.4 is 5.01 Å². The number of hydrogen-bond donors (Lipinski definition) is 0. The van der Waals surface area contributed by atoms with Gasteiger partial charge in [0.1, 0.15) is 5.82 Å². The van der Waals surface area contributed by atoms with Crippen LogP contribution in [-0.4, -0.2) is 42.9 Å². The quantitative estimate of drug-likeness (QED) is 0.218. The Morgan fingerprint density at radius 1 is 1.00 bits per heavy atom. The highest BCUT2D eigenvalue weighted by atomic mass is 32.2. The second kappa shape index (κ2) is 11.1. The minimum atomic E-state index is -3.63. The Morgan fingerprint density at radius 3 is 2.37 bits per heavy atom. The van der Waals surface area contributed by atoms with Crippen LogP contribution in [0.25, 0.3) is 10.2 Å². The van der Waals surface area contributed by atoms with Gasteiger partial charge in [-0.25, -0.2) is 17.8 Å². The van der Waals surface area contributed by atoms with Crippen molar-refractivity contribution in [1.82, 2.24) is 9.29 Å². The molecular weight excluding hydrogens is 523 g/mol. The summed E-state index contributed by atoms with van der Waals surface area (Å²) in [7, 11) is -3.63. The number of aryl methyl sites for hydroxylation is 1. The minimum absolute atomic E-state index is 0.160. The van der Waals surface area contributed by atoms with E-state index in [1.165, 1.54) is 63.3 Å². The molecule has 196 valence electrons. The Morgan fingerprint density at radius 2 is 1.68 bits per heavy atom. The van der Waals surface area contributed by atoms with E-state index in [9.17, 15) is 17.6 Å². The van der Waals surface area contributed by atoms with E-state index in [0.29, 0.717) is 23.8 Å². The number of halogens is 1. The maximum absolute atomic E-state index is 13.6. The van der Waals surface area contributed by atoms with Gasteiger partial charge in [-0.1, -0.05) is 42.4 Å². The van der Waals surface area contributed by atoms with Crippen molar-refractivity contribution in [2.75, 3.05) is 18.1 Å². The molecule has 0 N–H and O–H groups in total. The van der Waals surface area contributed by atoms with Gasteiger partial charge in [-0.3, -0.25) is 4.79 Å². The van der Waals surface area contributed by atoms with Gasteiger partial charge in [0.15, 0.2) is 0 Å². The number of anilines is 1. The van der Waals surface area contributed by atoms with Gasteiger partial charge in [0.2, 0.25) is 15.2 Å². The van der Waals surface area contributed by atoms with Crippen LogP contribution in [0.15, 0.2) is 76.7 Å². The van der Waals surface area contributed by atoms with Crippen LogP contribution >= 0.6 is 11.3 Å². The van der Waals surface area contributed by atoms with Crippen molar-refractivity contribution in [3.05, 3.63) is 89.2 Å². The first-order valence-corrected chi connectivity index (χ1v) is 14.7. The lowest BCUT2D eigenvalue weighted by Crippen LogP contribution is -2.32. The Bertz CT molecular complexity index is 1570. The minimum Gasteiger partial charge on any atom is -0.267 e. The first-order chi connectivity index (χ1) is 18.3. The van der Waals surface area contributed by atoms with Crippen LogP contribution in [0.5, 0.6) is 0 Å². The number of rotatable bonds is 6. The molecule has 5 rings (SSSR count). The lowest BCUT2D eigenvalue weighted by molar-refractivity contribution is 0.0987. The molecule has 0 saturated carbocycles. The maximum Gasteiger partial charge on any atom is 0.280 e. The van der Waals surface area contributed by atoms with Crippen LogP contribution in [0.3, 0.4) is 0 Å². The fraction of sp³-hybridized carbons (Fsp3) is 0.250. The van der Waals surface area contributed by atoms with Gasteiger partial charge in [-0.15, -0.1) is 0 Å². The fourth-order valence-electron chi connectivity index (χ4n) is 4.30. The van der Waals surface area contributed by atoms with E-state index >= 15 is 0 Å². The molecule has 2 heterocycles. The summed E-state index contributed by atoms with van der Waals surface area (Å²) in [6, 6.07) is 17.5.